The summed E-state index contributed by atoms with van der Waals surface area (Å²) in [6.45, 7) is 3.86. The second kappa shape index (κ2) is 6.49. The summed E-state index contributed by atoms with van der Waals surface area (Å²) in [6.07, 6.45) is 3.07. The number of hydrogen-bond donors (Lipinski definition) is 1. The third-order valence-electron chi connectivity index (χ3n) is 3.41. The SMILES string of the molecule is CCOC1CCCN(c2ncc([N+](=O)[O-])cc2C(N)=O)C1. The largest absolute Gasteiger partial charge is 0.377 e. The van der Waals surface area contributed by atoms with Gasteiger partial charge in [-0.2, -0.15) is 0 Å². The van der Waals surface area contributed by atoms with Crippen LogP contribution in [0.2, 0.25) is 0 Å². The first kappa shape index (κ1) is 15.2. The van der Waals surface area contributed by atoms with Crippen molar-refractivity contribution in [2.75, 3.05) is 24.6 Å². The lowest BCUT2D eigenvalue weighted by Crippen LogP contribution is -2.41. The first-order valence-electron chi connectivity index (χ1n) is 6.83. The van der Waals surface area contributed by atoms with Crippen LogP contribution in [0.3, 0.4) is 0 Å². The quantitative estimate of drug-likeness (QED) is 0.642. The fourth-order valence-corrected chi connectivity index (χ4v) is 2.48. The molecule has 2 N–H and O–H groups in total. The number of amides is 1. The summed E-state index contributed by atoms with van der Waals surface area (Å²) in [4.78, 5) is 27.7. The van der Waals surface area contributed by atoms with Crippen molar-refractivity contribution in [3.05, 3.63) is 27.9 Å². The van der Waals surface area contributed by atoms with Crippen LogP contribution in [0, 0.1) is 10.1 Å². The van der Waals surface area contributed by atoms with E-state index in [1.807, 2.05) is 11.8 Å². The Balaban J connectivity index is 2.29. The highest BCUT2D eigenvalue weighted by Crippen LogP contribution is 2.25. The summed E-state index contributed by atoms with van der Waals surface area (Å²) < 4.78 is 5.60. The van der Waals surface area contributed by atoms with Crippen LogP contribution in [0.5, 0.6) is 0 Å². The molecule has 0 aliphatic carbocycles. The summed E-state index contributed by atoms with van der Waals surface area (Å²) in [5, 5.41) is 10.8. The second-order valence-corrected chi connectivity index (χ2v) is 4.85. The fraction of sp³-hybridized carbons (Fsp3) is 0.538. The summed E-state index contributed by atoms with van der Waals surface area (Å²) in [6, 6.07) is 1.18. The molecule has 1 unspecified atom stereocenters. The molecule has 1 aromatic rings. The number of carbonyl (C=O) groups is 1. The lowest BCUT2D eigenvalue weighted by Gasteiger charge is -2.33. The number of anilines is 1. The molecule has 1 amide bonds. The van der Waals surface area contributed by atoms with Crippen LogP contribution in [0.4, 0.5) is 11.5 Å². The molecule has 1 saturated heterocycles. The Morgan fingerprint density at radius 3 is 3.05 bits per heavy atom. The van der Waals surface area contributed by atoms with E-state index < -0.39 is 10.8 Å². The van der Waals surface area contributed by atoms with Gasteiger partial charge in [-0.15, -0.1) is 0 Å². The number of nitrogens with two attached hydrogens (primary N) is 1. The van der Waals surface area contributed by atoms with Crippen LogP contribution in [0.1, 0.15) is 30.1 Å². The molecule has 0 radical (unpaired) electrons. The van der Waals surface area contributed by atoms with Crippen LogP contribution in [-0.4, -0.2) is 41.6 Å². The molecule has 1 atom stereocenters. The highest BCUT2D eigenvalue weighted by molar-refractivity contribution is 5.98. The molecule has 1 aliphatic heterocycles. The Kier molecular flexibility index (Phi) is 4.69. The van der Waals surface area contributed by atoms with Gasteiger partial charge in [-0.05, 0) is 19.8 Å². The number of pyridine rings is 1. The number of piperidine rings is 1. The molecule has 0 aromatic carbocycles. The monoisotopic (exact) mass is 294 g/mol. The number of ether oxygens (including phenoxy) is 1. The third-order valence-corrected chi connectivity index (χ3v) is 3.41. The number of nitrogens with zero attached hydrogens (tertiary/aromatic N) is 3. The van der Waals surface area contributed by atoms with Gasteiger partial charge in [0.2, 0.25) is 0 Å². The van der Waals surface area contributed by atoms with Gasteiger partial charge in [0.15, 0.2) is 0 Å². The molecule has 8 nitrogen and oxygen atoms in total. The van der Waals surface area contributed by atoms with Gasteiger partial charge < -0.3 is 15.4 Å². The van der Waals surface area contributed by atoms with Crippen LogP contribution in [-0.2, 0) is 4.74 Å². The van der Waals surface area contributed by atoms with E-state index in [4.69, 9.17) is 10.5 Å². The van der Waals surface area contributed by atoms with Crippen molar-refractivity contribution in [3.8, 4) is 0 Å². The lowest BCUT2D eigenvalue weighted by molar-refractivity contribution is -0.385. The number of carbonyl (C=O) groups excluding carboxylic acids is 1. The maximum atomic E-state index is 11.5. The minimum Gasteiger partial charge on any atom is -0.377 e. The Bertz CT molecular complexity index is 547. The molecular formula is C13H18N4O4. The van der Waals surface area contributed by atoms with Gasteiger partial charge in [-0.3, -0.25) is 14.9 Å². The van der Waals surface area contributed by atoms with Gasteiger partial charge in [0.25, 0.3) is 11.6 Å². The molecule has 0 bridgehead atoms. The Morgan fingerprint density at radius 1 is 1.67 bits per heavy atom. The molecule has 1 fully saturated rings. The van der Waals surface area contributed by atoms with Crippen molar-refractivity contribution < 1.29 is 14.5 Å². The van der Waals surface area contributed by atoms with E-state index >= 15 is 0 Å². The summed E-state index contributed by atoms with van der Waals surface area (Å²) in [7, 11) is 0. The van der Waals surface area contributed by atoms with Crippen LogP contribution in [0.15, 0.2) is 12.3 Å². The molecule has 8 heteroatoms. The van der Waals surface area contributed by atoms with Crippen molar-refractivity contribution in [1.29, 1.82) is 0 Å². The highest BCUT2D eigenvalue weighted by atomic mass is 16.6. The summed E-state index contributed by atoms with van der Waals surface area (Å²) >= 11 is 0. The first-order valence-corrected chi connectivity index (χ1v) is 6.83. The minimum atomic E-state index is -0.722. The number of nitro groups is 1. The Hall–Kier alpha value is -2.22. The molecule has 0 spiro atoms. The van der Waals surface area contributed by atoms with Gasteiger partial charge in [0.05, 0.1) is 16.6 Å². The van der Waals surface area contributed by atoms with Crippen molar-refractivity contribution in [2.24, 2.45) is 5.73 Å². The maximum absolute atomic E-state index is 11.5. The molecule has 21 heavy (non-hydrogen) atoms. The smallest absolute Gasteiger partial charge is 0.288 e. The van der Waals surface area contributed by atoms with Crippen molar-refractivity contribution in [3.63, 3.8) is 0 Å². The van der Waals surface area contributed by atoms with E-state index in [2.05, 4.69) is 4.98 Å². The van der Waals surface area contributed by atoms with E-state index in [-0.39, 0.29) is 17.4 Å². The molecule has 0 saturated carbocycles. The molecular weight excluding hydrogens is 276 g/mol. The van der Waals surface area contributed by atoms with Gasteiger partial charge in [-0.25, -0.2) is 4.98 Å². The number of primary amides is 1. The van der Waals surface area contributed by atoms with E-state index in [9.17, 15) is 14.9 Å². The Labute approximate surface area is 122 Å². The van der Waals surface area contributed by atoms with Crippen LogP contribution in [0.25, 0.3) is 0 Å². The lowest BCUT2D eigenvalue weighted by atomic mass is 10.1. The van der Waals surface area contributed by atoms with Gasteiger partial charge in [0.1, 0.15) is 12.0 Å². The number of hydrogen-bond acceptors (Lipinski definition) is 6. The molecule has 2 rings (SSSR count). The number of rotatable bonds is 5. The third kappa shape index (κ3) is 3.46. The molecule has 114 valence electrons. The normalized spacial score (nSPS) is 18.5. The van der Waals surface area contributed by atoms with Crippen molar-refractivity contribution >= 4 is 17.4 Å². The van der Waals surface area contributed by atoms with E-state index in [0.717, 1.165) is 19.0 Å². The predicted molar refractivity (Wildman–Crippen MR) is 76.3 cm³/mol. The van der Waals surface area contributed by atoms with Crippen molar-refractivity contribution in [1.82, 2.24) is 4.98 Å². The first-order chi connectivity index (χ1) is 10.0. The second-order valence-electron chi connectivity index (χ2n) is 4.85. The van der Waals surface area contributed by atoms with Gasteiger partial charge >= 0.3 is 0 Å². The van der Waals surface area contributed by atoms with Crippen LogP contribution < -0.4 is 10.6 Å². The molecule has 1 aromatic heterocycles. The van der Waals surface area contributed by atoms with E-state index in [0.29, 0.717) is 25.5 Å². The van der Waals surface area contributed by atoms with Gasteiger partial charge in [-0.1, -0.05) is 0 Å². The summed E-state index contributed by atoms with van der Waals surface area (Å²) in [5.74, 6) is -0.336. The summed E-state index contributed by atoms with van der Waals surface area (Å²) in [5.41, 5.74) is 5.15. The fourth-order valence-electron chi connectivity index (χ4n) is 2.48. The maximum Gasteiger partial charge on any atom is 0.288 e. The Morgan fingerprint density at radius 2 is 2.43 bits per heavy atom. The zero-order valence-corrected chi connectivity index (χ0v) is 11.8. The predicted octanol–water partition coefficient (Wildman–Crippen LogP) is 1.09. The molecule has 1 aliphatic rings. The van der Waals surface area contributed by atoms with Crippen molar-refractivity contribution in [2.45, 2.75) is 25.9 Å². The zero-order valence-electron chi connectivity index (χ0n) is 11.8. The minimum absolute atomic E-state index is 0.0707. The van der Waals surface area contributed by atoms with E-state index in [1.54, 1.807) is 0 Å². The average Bonchev–Trinajstić information content (AvgIpc) is 2.47. The standard InChI is InChI=1S/C13H18N4O4/c1-2-21-10-4-3-5-16(8-10)13-11(12(14)18)6-9(7-15-13)17(19)20/h6-7,10H,2-5,8H2,1H3,(H2,14,18). The topological polar surface area (TPSA) is 112 Å². The van der Waals surface area contributed by atoms with Gasteiger partial charge in [0, 0.05) is 25.8 Å². The highest BCUT2D eigenvalue weighted by Gasteiger charge is 2.25. The average molecular weight is 294 g/mol. The molecule has 2 heterocycles. The van der Waals surface area contributed by atoms with E-state index in [1.165, 1.54) is 6.07 Å². The zero-order chi connectivity index (χ0) is 15.4. The van der Waals surface area contributed by atoms with Crippen LogP contribution >= 0.6 is 0 Å². The number of aromatic nitrogens is 1.